The third kappa shape index (κ3) is 3.18. The first kappa shape index (κ1) is 12.8. The molecule has 4 unspecified atom stereocenters. The molecule has 2 aliphatic heterocycles. The summed E-state index contributed by atoms with van der Waals surface area (Å²) in [5.74, 6) is 0.443. The topological polar surface area (TPSA) is 70.6 Å². The Balaban J connectivity index is 1.72. The van der Waals surface area contributed by atoms with E-state index in [2.05, 4.69) is 17.6 Å². The van der Waals surface area contributed by atoms with E-state index in [-0.39, 0.29) is 24.2 Å². The van der Waals surface area contributed by atoms with Crippen molar-refractivity contribution in [1.82, 2.24) is 10.6 Å². The minimum absolute atomic E-state index is 0.00306. The van der Waals surface area contributed by atoms with E-state index in [4.69, 9.17) is 4.74 Å². The van der Waals surface area contributed by atoms with Crippen molar-refractivity contribution in [3.8, 4) is 0 Å². The van der Waals surface area contributed by atoms with E-state index in [1.165, 1.54) is 0 Å². The van der Waals surface area contributed by atoms with Crippen molar-refractivity contribution in [2.75, 3.05) is 19.7 Å². The van der Waals surface area contributed by atoms with Gasteiger partial charge < -0.3 is 20.5 Å². The van der Waals surface area contributed by atoms with Crippen LogP contribution in [0.3, 0.4) is 0 Å². The zero-order valence-electron chi connectivity index (χ0n) is 10.3. The lowest BCUT2D eigenvalue weighted by Crippen LogP contribution is -2.43. The van der Waals surface area contributed by atoms with E-state index >= 15 is 0 Å². The summed E-state index contributed by atoms with van der Waals surface area (Å²) in [6, 6.07) is -0.229. The highest BCUT2D eigenvalue weighted by Crippen LogP contribution is 2.22. The normalized spacial score (nSPS) is 37.3. The molecule has 1 amide bonds. The smallest absolute Gasteiger partial charge is 0.237 e. The van der Waals surface area contributed by atoms with Gasteiger partial charge in [-0.1, -0.05) is 6.92 Å². The molecule has 0 aromatic rings. The molecule has 5 heteroatoms. The number of ether oxygens (including phenoxy) is 1. The monoisotopic (exact) mass is 242 g/mol. The van der Waals surface area contributed by atoms with Crippen molar-refractivity contribution in [1.29, 1.82) is 0 Å². The summed E-state index contributed by atoms with van der Waals surface area (Å²) in [6.07, 6.45) is 2.45. The maximum Gasteiger partial charge on any atom is 0.237 e. The quantitative estimate of drug-likeness (QED) is 0.629. The van der Waals surface area contributed by atoms with Gasteiger partial charge >= 0.3 is 0 Å². The zero-order chi connectivity index (χ0) is 12.3. The van der Waals surface area contributed by atoms with Crippen LogP contribution >= 0.6 is 0 Å². The summed E-state index contributed by atoms with van der Waals surface area (Å²) in [6.45, 7) is 4.12. The SMILES string of the molecule is CCC1OCCC1CNC(=O)C1CC(O)CN1. The molecule has 4 atom stereocenters. The number of hydrogen-bond acceptors (Lipinski definition) is 4. The first-order valence-electron chi connectivity index (χ1n) is 6.51. The molecule has 2 heterocycles. The van der Waals surface area contributed by atoms with Crippen LogP contribution in [0.4, 0.5) is 0 Å². The minimum atomic E-state index is -0.385. The van der Waals surface area contributed by atoms with Crippen LogP contribution in [-0.4, -0.2) is 49.0 Å². The van der Waals surface area contributed by atoms with Crippen molar-refractivity contribution in [2.45, 2.75) is 44.4 Å². The van der Waals surface area contributed by atoms with Crippen molar-refractivity contribution >= 4 is 5.91 Å². The largest absolute Gasteiger partial charge is 0.392 e. The molecule has 5 nitrogen and oxygen atoms in total. The fraction of sp³-hybridized carbons (Fsp3) is 0.917. The third-order valence-electron chi connectivity index (χ3n) is 3.71. The molecule has 2 aliphatic rings. The van der Waals surface area contributed by atoms with Crippen molar-refractivity contribution in [2.24, 2.45) is 5.92 Å². The maximum absolute atomic E-state index is 11.8. The molecule has 3 N–H and O–H groups in total. The first-order valence-corrected chi connectivity index (χ1v) is 6.51. The summed E-state index contributed by atoms with van der Waals surface area (Å²) in [7, 11) is 0. The van der Waals surface area contributed by atoms with E-state index in [9.17, 15) is 9.90 Å². The number of amides is 1. The molecule has 2 rings (SSSR count). The summed E-state index contributed by atoms with van der Waals surface area (Å²) < 4.78 is 5.58. The highest BCUT2D eigenvalue weighted by molar-refractivity contribution is 5.82. The molecular formula is C12H22N2O3. The molecule has 0 saturated carbocycles. The minimum Gasteiger partial charge on any atom is -0.392 e. The van der Waals surface area contributed by atoms with Crippen LogP contribution in [0.5, 0.6) is 0 Å². The van der Waals surface area contributed by atoms with Gasteiger partial charge in [0.15, 0.2) is 0 Å². The molecule has 98 valence electrons. The third-order valence-corrected chi connectivity index (χ3v) is 3.71. The molecule has 0 bridgehead atoms. The lowest BCUT2D eigenvalue weighted by Gasteiger charge is -2.18. The fourth-order valence-electron chi connectivity index (χ4n) is 2.65. The Morgan fingerprint density at radius 2 is 2.41 bits per heavy atom. The number of carbonyl (C=O) groups excluding carboxylic acids is 1. The Kier molecular flexibility index (Phi) is 4.36. The summed E-state index contributed by atoms with van der Waals surface area (Å²) in [5.41, 5.74) is 0. The van der Waals surface area contributed by atoms with E-state index in [1.54, 1.807) is 0 Å². The molecule has 17 heavy (non-hydrogen) atoms. The number of aliphatic hydroxyl groups excluding tert-OH is 1. The van der Waals surface area contributed by atoms with Crippen molar-refractivity contribution in [3.05, 3.63) is 0 Å². The van der Waals surface area contributed by atoms with E-state index in [1.807, 2.05) is 0 Å². The zero-order valence-corrected chi connectivity index (χ0v) is 10.3. The van der Waals surface area contributed by atoms with Crippen LogP contribution < -0.4 is 10.6 Å². The molecule has 0 radical (unpaired) electrons. The van der Waals surface area contributed by atoms with Gasteiger partial charge in [-0.2, -0.15) is 0 Å². The van der Waals surface area contributed by atoms with Gasteiger partial charge in [0, 0.05) is 25.6 Å². The highest BCUT2D eigenvalue weighted by Gasteiger charge is 2.30. The lowest BCUT2D eigenvalue weighted by atomic mass is 9.99. The molecule has 2 fully saturated rings. The lowest BCUT2D eigenvalue weighted by molar-refractivity contribution is -0.123. The average Bonchev–Trinajstić information content (AvgIpc) is 2.94. The Bertz CT molecular complexity index is 272. The number of rotatable bonds is 4. The van der Waals surface area contributed by atoms with Crippen LogP contribution in [0, 0.1) is 5.92 Å². The van der Waals surface area contributed by atoms with Gasteiger partial charge in [-0.25, -0.2) is 0 Å². The molecule has 0 spiro atoms. The van der Waals surface area contributed by atoms with Crippen LogP contribution in [0.25, 0.3) is 0 Å². The van der Waals surface area contributed by atoms with Gasteiger partial charge in [0.2, 0.25) is 5.91 Å². The molecule has 0 aromatic carbocycles. The fourth-order valence-corrected chi connectivity index (χ4v) is 2.65. The van der Waals surface area contributed by atoms with Crippen molar-refractivity contribution in [3.63, 3.8) is 0 Å². The van der Waals surface area contributed by atoms with Crippen LogP contribution in [0.1, 0.15) is 26.2 Å². The van der Waals surface area contributed by atoms with E-state index < -0.39 is 0 Å². The van der Waals surface area contributed by atoms with Gasteiger partial charge in [-0.15, -0.1) is 0 Å². The predicted octanol–water partition coefficient (Wildman–Crippen LogP) is -0.359. The maximum atomic E-state index is 11.8. The molecular weight excluding hydrogens is 220 g/mol. The van der Waals surface area contributed by atoms with Crippen LogP contribution in [0.15, 0.2) is 0 Å². The van der Waals surface area contributed by atoms with Gasteiger partial charge in [-0.05, 0) is 19.3 Å². The average molecular weight is 242 g/mol. The summed E-state index contributed by atoms with van der Waals surface area (Å²) in [4.78, 5) is 11.8. The van der Waals surface area contributed by atoms with Crippen molar-refractivity contribution < 1.29 is 14.6 Å². The second kappa shape index (κ2) is 5.80. The second-order valence-electron chi connectivity index (χ2n) is 4.96. The number of β-amino-alcohol motifs (C(OH)–C–C–N with tert-alkyl or cyclic N) is 1. The van der Waals surface area contributed by atoms with E-state index in [0.29, 0.717) is 25.4 Å². The number of nitrogens with one attached hydrogen (secondary N) is 2. The van der Waals surface area contributed by atoms with Gasteiger partial charge in [0.25, 0.3) is 0 Å². The predicted molar refractivity (Wildman–Crippen MR) is 63.6 cm³/mol. The van der Waals surface area contributed by atoms with Crippen LogP contribution in [0.2, 0.25) is 0 Å². The summed E-state index contributed by atoms with van der Waals surface area (Å²) >= 11 is 0. The molecule has 0 aliphatic carbocycles. The second-order valence-corrected chi connectivity index (χ2v) is 4.96. The number of aliphatic hydroxyl groups is 1. The Morgan fingerprint density at radius 3 is 3.06 bits per heavy atom. The Hall–Kier alpha value is -0.650. The molecule has 2 saturated heterocycles. The Labute approximate surface area is 102 Å². The molecule has 0 aromatic heterocycles. The number of hydrogen-bond donors (Lipinski definition) is 3. The van der Waals surface area contributed by atoms with E-state index in [0.717, 1.165) is 19.4 Å². The number of carbonyl (C=O) groups is 1. The van der Waals surface area contributed by atoms with Gasteiger partial charge in [0.1, 0.15) is 0 Å². The summed E-state index contributed by atoms with van der Waals surface area (Å²) in [5, 5.41) is 15.3. The standard InChI is InChI=1S/C12H22N2O3/c1-2-11-8(3-4-17-11)6-14-12(16)10-5-9(15)7-13-10/h8-11,13,15H,2-7H2,1H3,(H,14,16). The first-order chi connectivity index (χ1) is 8.20. The highest BCUT2D eigenvalue weighted by atomic mass is 16.5. The van der Waals surface area contributed by atoms with Gasteiger partial charge in [-0.3, -0.25) is 4.79 Å². The Morgan fingerprint density at radius 1 is 1.59 bits per heavy atom. The van der Waals surface area contributed by atoms with Gasteiger partial charge in [0.05, 0.1) is 18.2 Å². The van der Waals surface area contributed by atoms with Crippen LogP contribution in [-0.2, 0) is 9.53 Å².